The summed E-state index contributed by atoms with van der Waals surface area (Å²) in [6.07, 6.45) is -5.07. The van der Waals surface area contributed by atoms with Crippen LogP contribution in [-0.2, 0) is 22.3 Å². The van der Waals surface area contributed by atoms with E-state index in [1.54, 1.807) is 24.3 Å². The third kappa shape index (κ3) is 3.81. The highest BCUT2D eigenvalue weighted by molar-refractivity contribution is 5.94. The quantitative estimate of drug-likeness (QED) is 0.858. The monoisotopic (exact) mass is 349 g/mol. The lowest BCUT2D eigenvalue weighted by atomic mass is 10.0. The second-order valence-electron chi connectivity index (χ2n) is 5.66. The predicted molar refractivity (Wildman–Crippen MR) is 82.5 cm³/mol. The second-order valence-corrected chi connectivity index (χ2v) is 5.66. The van der Waals surface area contributed by atoms with Crippen molar-refractivity contribution in [2.45, 2.75) is 25.2 Å². The Balaban J connectivity index is 1.56. The van der Waals surface area contributed by atoms with Gasteiger partial charge < -0.3 is 10.1 Å². The van der Waals surface area contributed by atoms with Gasteiger partial charge in [0, 0.05) is 12.1 Å². The van der Waals surface area contributed by atoms with E-state index in [2.05, 4.69) is 5.32 Å². The molecule has 0 saturated carbocycles. The highest BCUT2D eigenvalue weighted by Gasteiger charge is 2.32. The van der Waals surface area contributed by atoms with Gasteiger partial charge >= 0.3 is 12.1 Å². The minimum Gasteiger partial charge on any atom is -0.453 e. The number of amides is 1. The second kappa shape index (κ2) is 6.58. The first-order valence-corrected chi connectivity index (χ1v) is 7.57. The van der Waals surface area contributed by atoms with Crippen LogP contribution in [0, 0.1) is 0 Å². The molecular weight excluding hydrogens is 335 g/mol. The molecule has 1 N–H and O–H groups in total. The van der Waals surface area contributed by atoms with Crippen LogP contribution in [0.25, 0.3) is 0 Å². The number of benzene rings is 2. The molecule has 0 spiro atoms. The molecule has 130 valence electrons. The van der Waals surface area contributed by atoms with E-state index in [0.717, 1.165) is 12.1 Å². The molecule has 1 atom stereocenters. The van der Waals surface area contributed by atoms with E-state index in [-0.39, 0.29) is 18.9 Å². The van der Waals surface area contributed by atoms with Crippen LogP contribution in [0.15, 0.2) is 48.5 Å². The van der Waals surface area contributed by atoms with Gasteiger partial charge in [0.05, 0.1) is 17.5 Å². The Kier molecular flexibility index (Phi) is 4.48. The first-order chi connectivity index (χ1) is 11.8. The van der Waals surface area contributed by atoms with Crippen molar-refractivity contribution in [3.05, 3.63) is 70.8 Å². The molecule has 3 rings (SSSR count). The fraction of sp³-hybridized carbons (Fsp3) is 0.222. The molecular formula is C18H14F3NO3. The number of nitrogens with one attached hydrogen (secondary N) is 1. The fourth-order valence-corrected chi connectivity index (χ4v) is 2.62. The van der Waals surface area contributed by atoms with Gasteiger partial charge in [-0.2, -0.15) is 13.2 Å². The number of hydrogen-bond acceptors (Lipinski definition) is 3. The largest absolute Gasteiger partial charge is 0.453 e. The summed E-state index contributed by atoms with van der Waals surface area (Å²) in [7, 11) is 0. The summed E-state index contributed by atoms with van der Waals surface area (Å²) in [6, 6.07) is 11.4. The number of fused-ring (bicyclic) bond motifs is 1. The number of ether oxygens (including phenoxy) is 1. The average Bonchev–Trinajstić information content (AvgIpc) is 2.89. The van der Waals surface area contributed by atoms with Crippen molar-refractivity contribution in [3.8, 4) is 0 Å². The molecule has 0 saturated heterocycles. The van der Waals surface area contributed by atoms with Gasteiger partial charge in [0.1, 0.15) is 6.10 Å². The summed E-state index contributed by atoms with van der Waals surface area (Å²) >= 11 is 0. The first kappa shape index (κ1) is 17.0. The van der Waals surface area contributed by atoms with Crippen molar-refractivity contribution in [2.24, 2.45) is 0 Å². The Morgan fingerprint density at radius 3 is 2.44 bits per heavy atom. The Bertz CT molecular complexity index is 800. The van der Waals surface area contributed by atoms with Crippen LogP contribution in [0.3, 0.4) is 0 Å². The maximum Gasteiger partial charge on any atom is 0.416 e. The highest BCUT2D eigenvalue weighted by Crippen LogP contribution is 2.32. The van der Waals surface area contributed by atoms with Crippen molar-refractivity contribution in [2.75, 3.05) is 0 Å². The molecule has 7 heteroatoms. The van der Waals surface area contributed by atoms with Gasteiger partial charge in [0.2, 0.25) is 5.91 Å². The number of carbonyl (C=O) groups is 2. The van der Waals surface area contributed by atoms with Crippen LogP contribution < -0.4 is 5.32 Å². The molecule has 2 aromatic carbocycles. The lowest BCUT2D eigenvalue weighted by molar-refractivity contribution is -0.137. The third-order valence-corrected chi connectivity index (χ3v) is 3.92. The number of esters is 1. The molecule has 1 amide bonds. The molecule has 2 aromatic rings. The standard InChI is InChI=1S/C18H14F3NO3/c19-18(20,21)12-7-5-11(6-8-12)10-22-16(23)9-15-13-3-1-2-4-14(13)17(24)25-15/h1-8,15H,9-10H2,(H,22,23)/t15-/m0/s1. The van der Waals surface area contributed by atoms with Crippen molar-refractivity contribution in [1.29, 1.82) is 0 Å². The van der Waals surface area contributed by atoms with Crippen molar-refractivity contribution >= 4 is 11.9 Å². The minimum atomic E-state index is -4.39. The van der Waals surface area contributed by atoms with Gasteiger partial charge in [0.25, 0.3) is 0 Å². The van der Waals surface area contributed by atoms with E-state index >= 15 is 0 Å². The molecule has 0 radical (unpaired) electrons. The van der Waals surface area contributed by atoms with Gasteiger partial charge in [-0.15, -0.1) is 0 Å². The predicted octanol–water partition coefficient (Wildman–Crippen LogP) is 3.62. The van der Waals surface area contributed by atoms with E-state index < -0.39 is 23.8 Å². The number of cyclic esters (lactones) is 1. The fourth-order valence-electron chi connectivity index (χ4n) is 2.62. The SMILES string of the molecule is O=C(C[C@@H]1OC(=O)c2ccccc21)NCc1ccc(C(F)(F)F)cc1. The zero-order valence-electron chi connectivity index (χ0n) is 13.0. The summed E-state index contributed by atoms with van der Waals surface area (Å²) in [5.74, 6) is -0.814. The minimum absolute atomic E-state index is 0.0383. The molecule has 1 aliphatic rings. The zero-order valence-corrected chi connectivity index (χ0v) is 13.0. The molecule has 0 aromatic heterocycles. The molecule has 0 unspecified atom stereocenters. The third-order valence-electron chi connectivity index (χ3n) is 3.92. The normalized spacial score (nSPS) is 16.3. The molecule has 0 bridgehead atoms. The molecule has 0 fully saturated rings. The van der Waals surface area contributed by atoms with Crippen LogP contribution in [-0.4, -0.2) is 11.9 Å². The topological polar surface area (TPSA) is 55.4 Å². The van der Waals surface area contributed by atoms with Gasteiger partial charge in [-0.25, -0.2) is 4.79 Å². The first-order valence-electron chi connectivity index (χ1n) is 7.57. The van der Waals surface area contributed by atoms with Crippen molar-refractivity contribution in [3.63, 3.8) is 0 Å². The Labute approximate surface area is 141 Å². The maximum absolute atomic E-state index is 12.5. The zero-order chi connectivity index (χ0) is 18.0. The summed E-state index contributed by atoms with van der Waals surface area (Å²) in [6.45, 7) is 0.0965. The maximum atomic E-state index is 12.5. The molecule has 1 heterocycles. The average molecular weight is 349 g/mol. The summed E-state index contributed by atoms with van der Waals surface area (Å²) in [5.41, 5.74) is 0.919. The van der Waals surface area contributed by atoms with Crippen LogP contribution in [0.1, 0.15) is 39.6 Å². The van der Waals surface area contributed by atoms with Gasteiger partial charge in [-0.05, 0) is 23.8 Å². The number of carbonyl (C=O) groups excluding carboxylic acids is 2. The van der Waals surface area contributed by atoms with E-state index in [4.69, 9.17) is 4.74 Å². The van der Waals surface area contributed by atoms with Gasteiger partial charge in [0.15, 0.2) is 0 Å². The van der Waals surface area contributed by atoms with Gasteiger partial charge in [-0.3, -0.25) is 4.79 Å². The van der Waals surface area contributed by atoms with Gasteiger partial charge in [-0.1, -0.05) is 30.3 Å². The Morgan fingerprint density at radius 1 is 1.08 bits per heavy atom. The van der Waals surface area contributed by atoms with Crippen LogP contribution >= 0.6 is 0 Å². The van der Waals surface area contributed by atoms with E-state index in [1.807, 2.05) is 0 Å². The lowest BCUT2D eigenvalue weighted by Crippen LogP contribution is -2.24. The summed E-state index contributed by atoms with van der Waals surface area (Å²) in [5, 5.41) is 2.62. The number of halogens is 3. The molecule has 1 aliphatic heterocycles. The van der Waals surface area contributed by atoms with Crippen LogP contribution in [0.4, 0.5) is 13.2 Å². The lowest BCUT2D eigenvalue weighted by Gasteiger charge is -2.12. The Morgan fingerprint density at radius 2 is 1.76 bits per heavy atom. The Hall–Kier alpha value is -2.83. The van der Waals surface area contributed by atoms with Crippen LogP contribution in [0.2, 0.25) is 0 Å². The molecule has 25 heavy (non-hydrogen) atoms. The van der Waals surface area contributed by atoms with E-state index in [9.17, 15) is 22.8 Å². The summed E-state index contributed by atoms with van der Waals surface area (Å²) in [4.78, 5) is 23.7. The number of alkyl halides is 3. The number of hydrogen-bond donors (Lipinski definition) is 1. The van der Waals surface area contributed by atoms with Crippen molar-refractivity contribution in [1.82, 2.24) is 5.32 Å². The van der Waals surface area contributed by atoms with E-state index in [1.165, 1.54) is 12.1 Å². The molecule has 0 aliphatic carbocycles. The molecule has 4 nitrogen and oxygen atoms in total. The number of rotatable bonds is 4. The van der Waals surface area contributed by atoms with Crippen LogP contribution in [0.5, 0.6) is 0 Å². The smallest absolute Gasteiger partial charge is 0.416 e. The van der Waals surface area contributed by atoms with E-state index in [0.29, 0.717) is 16.7 Å². The highest BCUT2D eigenvalue weighted by atomic mass is 19.4. The van der Waals surface area contributed by atoms with Crippen molar-refractivity contribution < 1.29 is 27.5 Å². The summed E-state index contributed by atoms with van der Waals surface area (Å²) < 4.78 is 42.7.